The average Bonchev–Trinajstić information content (AvgIpc) is 3.18. The van der Waals surface area contributed by atoms with Crippen molar-refractivity contribution in [3.8, 4) is 0 Å². The van der Waals surface area contributed by atoms with Gasteiger partial charge in [0.25, 0.3) is 0 Å². The number of carbonyl (C=O) groups is 1. The topological polar surface area (TPSA) is 79.7 Å². The lowest BCUT2D eigenvalue weighted by atomic mass is 9.98. The highest BCUT2D eigenvalue weighted by molar-refractivity contribution is 5.79. The number of fused-ring (bicyclic) bond motifs is 2. The van der Waals surface area contributed by atoms with Crippen LogP contribution in [0.2, 0.25) is 0 Å². The number of aromatic nitrogens is 5. The summed E-state index contributed by atoms with van der Waals surface area (Å²) in [6.45, 7) is 0.916. The summed E-state index contributed by atoms with van der Waals surface area (Å²) in [6, 6.07) is 4.40. The van der Waals surface area contributed by atoms with Crippen molar-refractivity contribution in [1.29, 1.82) is 0 Å². The molecular weight excluding hydrogens is 311 g/mol. The fourth-order valence-corrected chi connectivity index (χ4v) is 3.16. The first-order valence-electron chi connectivity index (χ1n) is 7.86. The van der Waals surface area contributed by atoms with Crippen molar-refractivity contribution >= 4 is 16.9 Å². The molecule has 0 spiro atoms. The molecule has 0 saturated carbocycles. The highest BCUT2D eigenvalue weighted by Gasteiger charge is 2.28. The SMILES string of the molecule is CN(Cc1nc2ccc(F)cc2[nH]1)C(=O)C1CCc2ncnn2C1. The average molecular weight is 328 g/mol. The Hall–Kier alpha value is -2.77. The number of H-pyrrole nitrogens is 1. The maximum absolute atomic E-state index is 13.2. The van der Waals surface area contributed by atoms with Gasteiger partial charge >= 0.3 is 0 Å². The fourth-order valence-electron chi connectivity index (χ4n) is 3.16. The Labute approximate surface area is 137 Å². The summed E-state index contributed by atoms with van der Waals surface area (Å²) < 4.78 is 15.0. The second-order valence-electron chi connectivity index (χ2n) is 6.13. The second-order valence-corrected chi connectivity index (χ2v) is 6.13. The Morgan fingerprint density at radius 3 is 3.25 bits per heavy atom. The van der Waals surface area contributed by atoms with Gasteiger partial charge in [0.15, 0.2) is 0 Å². The van der Waals surface area contributed by atoms with E-state index in [2.05, 4.69) is 20.1 Å². The Kier molecular flexibility index (Phi) is 3.51. The van der Waals surface area contributed by atoms with Crippen molar-refractivity contribution in [3.05, 3.63) is 42.0 Å². The molecule has 2 aromatic heterocycles. The predicted molar refractivity (Wildman–Crippen MR) is 84.4 cm³/mol. The minimum atomic E-state index is -0.312. The molecule has 1 atom stereocenters. The van der Waals surface area contributed by atoms with Gasteiger partial charge in [0, 0.05) is 13.5 Å². The van der Waals surface area contributed by atoms with Crippen LogP contribution in [0.25, 0.3) is 11.0 Å². The molecule has 0 saturated heterocycles. The smallest absolute Gasteiger partial charge is 0.227 e. The molecule has 1 N–H and O–H groups in total. The van der Waals surface area contributed by atoms with Crippen molar-refractivity contribution < 1.29 is 9.18 Å². The highest BCUT2D eigenvalue weighted by Crippen LogP contribution is 2.20. The quantitative estimate of drug-likeness (QED) is 0.790. The third-order valence-electron chi connectivity index (χ3n) is 4.41. The van der Waals surface area contributed by atoms with Gasteiger partial charge in [0.05, 0.1) is 30.0 Å². The van der Waals surface area contributed by atoms with Gasteiger partial charge in [-0.1, -0.05) is 0 Å². The van der Waals surface area contributed by atoms with E-state index in [0.29, 0.717) is 29.9 Å². The predicted octanol–water partition coefficient (Wildman–Crippen LogP) is 1.51. The molecule has 8 heteroatoms. The Bertz CT molecular complexity index is 901. The molecule has 0 bridgehead atoms. The van der Waals surface area contributed by atoms with Crippen LogP contribution in [0.4, 0.5) is 4.39 Å². The third-order valence-corrected chi connectivity index (χ3v) is 4.41. The molecule has 0 fully saturated rings. The fraction of sp³-hybridized carbons (Fsp3) is 0.375. The molecule has 4 rings (SSSR count). The lowest BCUT2D eigenvalue weighted by molar-refractivity contribution is -0.136. The van der Waals surface area contributed by atoms with Crippen LogP contribution in [0.1, 0.15) is 18.1 Å². The lowest BCUT2D eigenvalue weighted by Gasteiger charge is -2.26. The number of nitrogens with one attached hydrogen (secondary N) is 1. The largest absolute Gasteiger partial charge is 0.340 e. The minimum Gasteiger partial charge on any atom is -0.340 e. The van der Waals surface area contributed by atoms with Crippen LogP contribution >= 0.6 is 0 Å². The monoisotopic (exact) mass is 328 g/mol. The molecule has 1 amide bonds. The summed E-state index contributed by atoms with van der Waals surface area (Å²) in [6.07, 6.45) is 3.06. The molecule has 24 heavy (non-hydrogen) atoms. The Morgan fingerprint density at radius 1 is 1.50 bits per heavy atom. The first kappa shape index (κ1) is 14.8. The summed E-state index contributed by atoms with van der Waals surface area (Å²) in [7, 11) is 1.76. The van der Waals surface area contributed by atoms with Crippen LogP contribution in [0, 0.1) is 11.7 Å². The molecule has 1 aromatic carbocycles. The van der Waals surface area contributed by atoms with Gasteiger partial charge in [-0.05, 0) is 24.6 Å². The molecule has 124 valence electrons. The van der Waals surface area contributed by atoms with Crippen molar-refractivity contribution in [3.63, 3.8) is 0 Å². The van der Waals surface area contributed by atoms with Crippen molar-refractivity contribution in [2.45, 2.75) is 25.9 Å². The molecule has 7 nitrogen and oxygen atoms in total. The zero-order valence-electron chi connectivity index (χ0n) is 13.2. The second kappa shape index (κ2) is 5.70. The third kappa shape index (κ3) is 2.64. The van der Waals surface area contributed by atoms with Crippen LogP contribution in [-0.4, -0.2) is 42.6 Å². The van der Waals surface area contributed by atoms with E-state index in [-0.39, 0.29) is 17.6 Å². The number of hydrogen-bond acceptors (Lipinski definition) is 4. The summed E-state index contributed by atoms with van der Waals surface area (Å²) >= 11 is 0. The van der Waals surface area contributed by atoms with Gasteiger partial charge in [-0.2, -0.15) is 5.10 Å². The van der Waals surface area contributed by atoms with Gasteiger partial charge in [-0.15, -0.1) is 0 Å². The van der Waals surface area contributed by atoms with Crippen LogP contribution in [0.15, 0.2) is 24.5 Å². The molecule has 1 aliphatic heterocycles. The number of aromatic amines is 1. The van der Waals surface area contributed by atoms with E-state index in [1.165, 1.54) is 18.5 Å². The van der Waals surface area contributed by atoms with E-state index in [1.54, 1.807) is 22.7 Å². The van der Waals surface area contributed by atoms with E-state index in [1.807, 2.05) is 0 Å². The number of nitrogens with zero attached hydrogens (tertiary/aromatic N) is 5. The van der Waals surface area contributed by atoms with Crippen LogP contribution in [-0.2, 0) is 24.3 Å². The number of carbonyl (C=O) groups excluding carboxylic acids is 1. The maximum atomic E-state index is 13.2. The zero-order chi connectivity index (χ0) is 16.7. The van der Waals surface area contributed by atoms with Gasteiger partial charge in [0.2, 0.25) is 5.91 Å². The number of benzene rings is 1. The van der Waals surface area contributed by atoms with Crippen molar-refractivity contribution in [2.24, 2.45) is 5.92 Å². The van der Waals surface area contributed by atoms with E-state index in [0.717, 1.165) is 18.7 Å². The number of hydrogen-bond donors (Lipinski definition) is 1. The first-order chi connectivity index (χ1) is 11.6. The van der Waals surface area contributed by atoms with E-state index >= 15 is 0 Å². The van der Waals surface area contributed by atoms with E-state index in [4.69, 9.17) is 0 Å². The molecule has 3 heterocycles. The number of halogens is 1. The summed E-state index contributed by atoms with van der Waals surface area (Å²) in [5.74, 6) is 1.21. The lowest BCUT2D eigenvalue weighted by Crippen LogP contribution is -2.37. The van der Waals surface area contributed by atoms with E-state index in [9.17, 15) is 9.18 Å². The maximum Gasteiger partial charge on any atom is 0.227 e. The van der Waals surface area contributed by atoms with Gasteiger partial charge in [-0.25, -0.2) is 19.0 Å². The summed E-state index contributed by atoms with van der Waals surface area (Å²) in [4.78, 5) is 26.0. The molecule has 0 aliphatic carbocycles. The summed E-state index contributed by atoms with van der Waals surface area (Å²) in [5.41, 5.74) is 1.33. The standard InChI is InChI=1S/C16H17FN6O/c1-22(8-14-20-12-4-3-11(17)6-13(12)21-14)16(24)10-2-5-15-18-9-19-23(15)7-10/h3-4,6,9-10H,2,5,7-8H2,1H3,(H,20,21). The number of rotatable bonds is 3. The van der Waals surface area contributed by atoms with Crippen LogP contribution in [0.5, 0.6) is 0 Å². The Morgan fingerprint density at radius 2 is 2.38 bits per heavy atom. The first-order valence-corrected chi connectivity index (χ1v) is 7.86. The van der Waals surface area contributed by atoms with Crippen LogP contribution in [0.3, 0.4) is 0 Å². The van der Waals surface area contributed by atoms with Crippen molar-refractivity contribution in [2.75, 3.05) is 7.05 Å². The molecule has 3 aromatic rings. The van der Waals surface area contributed by atoms with Crippen LogP contribution < -0.4 is 0 Å². The number of imidazole rings is 1. The number of amides is 1. The minimum absolute atomic E-state index is 0.0581. The van der Waals surface area contributed by atoms with Crippen molar-refractivity contribution in [1.82, 2.24) is 29.6 Å². The normalized spacial score (nSPS) is 17.0. The molecule has 1 unspecified atom stereocenters. The zero-order valence-corrected chi connectivity index (χ0v) is 13.2. The number of aryl methyl sites for hydroxylation is 1. The molecule has 0 radical (unpaired) electrons. The highest BCUT2D eigenvalue weighted by atomic mass is 19.1. The van der Waals surface area contributed by atoms with Gasteiger partial charge < -0.3 is 9.88 Å². The van der Waals surface area contributed by atoms with Gasteiger partial charge in [-0.3, -0.25) is 4.79 Å². The summed E-state index contributed by atoms with van der Waals surface area (Å²) in [5, 5.41) is 4.15. The van der Waals surface area contributed by atoms with E-state index < -0.39 is 0 Å². The molecular formula is C16H17FN6O. The molecule has 1 aliphatic rings. The van der Waals surface area contributed by atoms with Gasteiger partial charge in [0.1, 0.15) is 23.8 Å². The Balaban J connectivity index is 1.47.